The van der Waals surface area contributed by atoms with Gasteiger partial charge in [-0.2, -0.15) is 10.2 Å². The molecule has 0 aliphatic rings. The number of ether oxygens (including phenoxy) is 1. The van der Waals surface area contributed by atoms with Crippen molar-refractivity contribution in [3.05, 3.63) is 64.7 Å². The summed E-state index contributed by atoms with van der Waals surface area (Å²) in [4.78, 5) is 12.4. The lowest BCUT2D eigenvalue weighted by atomic mass is 9.87. The second-order valence-corrected chi connectivity index (χ2v) is 8.24. The molecule has 1 aromatic carbocycles. The van der Waals surface area contributed by atoms with E-state index in [-0.39, 0.29) is 18.1 Å². The van der Waals surface area contributed by atoms with Crippen LogP contribution in [-0.4, -0.2) is 25.5 Å². The van der Waals surface area contributed by atoms with Crippen molar-refractivity contribution in [3.63, 3.8) is 0 Å². The Kier molecular flexibility index (Phi) is 5.77. The van der Waals surface area contributed by atoms with Gasteiger partial charge in [0.25, 0.3) is 5.91 Å². The summed E-state index contributed by atoms with van der Waals surface area (Å²) in [6, 6.07) is 9.73. The van der Waals surface area contributed by atoms with E-state index in [0.717, 1.165) is 22.7 Å². The zero-order valence-electron chi connectivity index (χ0n) is 18.0. The molecule has 2 aromatic heterocycles. The number of amides is 1. The summed E-state index contributed by atoms with van der Waals surface area (Å²) in [6.07, 6.45) is 1.74. The van der Waals surface area contributed by atoms with Crippen molar-refractivity contribution in [2.75, 3.05) is 0 Å². The standard InChI is InChI=1S/C22H29N5O2/c1-15-19(16(2)26(6)24-15)13-23-21(28)20-11-12-27(25-20)14-29-18-9-7-17(8-10-18)22(3,4)5/h7-12H,13-14H2,1-6H3,(H,23,28). The van der Waals surface area contributed by atoms with Gasteiger partial charge in [0.05, 0.1) is 5.69 Å². The van der Waals surface area contributed by atoms with E-state index >= 15 is 0 Å². The number of nitrogens with zero attached hydrogens (tertiary/aromatic N) is 4. The van der Waals surface area contributed by atoms with Crippen LogP contribution < -0.4 is 10.1 Å². The monoisotopic (exact) mass is 395 g/mol. The number of carbonyl (C=O) groups is 1. The van der Waals surface area contributed by atoms with E-state index in [9.17, 15) is 4.79 Å². The Hall–Kier alpha value is -3.09. The van der Waals surface area contributed by atoms with Gasteiger partial charge in [0.15, 0.2) is 6.73 Å². The van der Waals surface area contributed by atoms with Crippen molar-refractivity contribution in [3.8, 4) is 5.75 Å². The molecule has 1 amide bonds. The topological polar surface area (TPSA) is 74.0 Å². The normalized spacial score (nSPS) is 11.5. The lowest BCUT2D eigenvalue weighted by Crippen LogP contribution is -2.24. The number of rotatable bonds is 6. The largest absolute Gasteiger partial charge is 0.471 e. The average molecular weight is 396 g/mol. The highest BCUT2D eigenvalue weighted by molar-refractivity contribution is 5.92. The third-order valence-electron chi connectivity index (χ3n) is 5.04. The van der Waals surface area contributed by atoms with Crippen LogP contribution in [0.15, 0.2) is 36.5 Å². The highest BCUT2D eigenvalue weighted by atomic mass is 16.5. The van der Waals surface area contributed by atoms with Crippen LogP contribution >= 0.6 is 0 Å². The van der Waals surface area contributed by atoms with E-state index in [0.29, 0.717) is 12.2 Å². The summed E-state index contributed by atoms with van der Waals surface area (Å²) >= 11 is 0. The molecule has 154 valence electrons. The smallest absolute Gasteiger partial charge is 0.272 e. The summed E-state index contributed by atoms with van der Waals surface area (Å²) in [7, 11) is 1.89. The minimum absolute atomic E-state index is 0.107. The minimum Gasteiger partial charge on any atom is -0.471 e. The fourth-order valence-corrected chi connectivity index (χ4v) is 3.08. The van der Waals surface area contributed by atoms with Crippen LogP contribution in [0.25, 0.3) is 0 Å². The molecule has 2 heterocycles. The van der Waals surface area contributed by atoms with Gasteiger partial charge in [-0.05, 0) is 43.0 Å². The molecule has 0 radical (unpaired) electrons. The molecule has 7 nitrogen and oxygen atoms in total. The number of benzene rings is 1. The van der Waals surface area contributed by atoms with Crippen molar-refractivity contribution in [1.29, 1.82) is 0 Å². The van der Waals surface area contributed by atoms with Crippen LogP contribution in [0.5, 0.6) is 5.75 Å². The highest BCUT2D eigenvalue weighted by Gasteiger charge is 2.14. The number of carbonyl (C=O) groups excluding carboxylic acids is 1. The molecule has 0 saturated carbocycles. The third-order valence-corrected chi connectivity index (χ3v) is 5.04. The van der Waals surface area contributed by atoms with Crippen LogP contribution in [0.1, 0.15) is 53.8 Å². The Morgan fingerprint density at radius 3 is 2.38 bits per heavy atom. The van der Waals surface area contributed by atoms with E-state index in [1.54, 1.807) is 16.9 Å². The van der Waals surface area contributed by atoms with Crippen LogP contribution in [0.3, 0.4) is 0 Å². The lowest BCUT2D eigenvalue weighted by Gasteiger charge is -2.19. The van der Waals surface area contributed by atoms with Gasteiger partial charge in [-0.3, -0.25) is 9.48 Å². The molecule has 0 aliphatic heterocycles. The van der Waals surface area contributed by atoms with Crippen LogP contribution in [-0.2, 0) is 25.7 Å². The Morgan fingerprint density at radius 1 is 1.10 bits per heavy atom. The molecule has 29 heavy (non-hydrogen) atoms. The van der Waals surface area contributed by atoms with Crippen molar-refractivity contribution in [2.24, 2.45) is 7.05 Å². The van der Waals surface area contributed by atoms with E-state index in [2.05, 4.69) is 48.4 Å². The maximum absolute atomic E-state index is 12.4. The fourth-order valence-electron chi connectivity index (χ4n) is 3.08. The second kappa shape index (κ2) is 8.11. The zero-order chi connectivity index (χ0) is 21.2. The molecule has 0 unspecified atom stereocenters. The van der Waals surface area contributed by atoms with Crippen molar-refractivity contribution < 1.29 is 9.53 Å². The number of hydrogen-bond acceptors (Lipinski definition) is 4. The predicted molar refractivity (Wildman–Crippen MR) is 112 cm³/mol. The number of aryl methyl sites for hydroxylation is 2. The van der Waals surface area contributed by atoms with Crippen LogP contribution in [0.2, 0.25) is 0 Å². The average Bonchev–Trinajstić information content (AvgIpc) is 3.23. The van der Waals surface area contributed by atoms with Gasteiger partial charge in [0, 0.05) is 31.0 Å². The van der Waals surface area contributed by atoms with Gasteiger partial charge in [0.1, 0.15) is 11.4 Å². The third kappa shape index (κ3) is 4.85. The summed E-state index contributed by atoms with van der Waals surface area (Å²) < 4.78 is 9.19. The van der Waals surface area contributed by atoms with Gasteiger partial charge in [-0.1, -0.05) is 32.9 Å². The number of hydrogen-bond donors (Lipinski definition) is 1. The first-order valence-corrected chi connectivity index (χ1v) is 9.69. The molecule has 0 bridgehead atoms. The van der Waals surface area contributed by atoms with Gasteiger partial charge in [-0.25, -0.2) is 4.68 Å². The van der Waals surface area contributed by atoms with Crippen molar-refractivity contribution in [2.45, 2.75) is 53.3 Å². The molecule has 0 spiro atoms. The summed E-state index contributed by atoms with van der Waals surface area (Å²) in [5.74, 6) is 0.544. The second-order valence-electron chi connectivity index (χ2n) is 8.24. The van der Waals surface area contributed by atoms with Crippen LogP contribution in [0, 0.1) is 13.8 Å². The van der Waals surface area contributed by atoms with Crippen molar-refractivity contribution >= 4 is 5.91 Å². The first-order valence-electron chi connectivity index (χ1n) is 9.69. The molecule has 7 heteroatoms. The van der Waals surface area contributed by atoms with E-state index in [4.69, 9.17) is 4.74 Å². The zero-order valence-corrected chi connectivity index (χ0v) is 18.0. The number of nitrogens with one attached hydrogen (secondary N) is 1. The Labute approximate surface area is 171 Å². The van der Waals surface area contributed by atoms with Gasteiger partial charge in [-0.15, -0.1) is 0 Å². The van der Waals surface area contributed by atoms with Gasteiger partial charge in [0.2, 0.25) is 0 Å². The molecular formula is C22H29N5O2. The summed E-state index contributed by atoms with van der Waals surface area (Å²) in [6.45, 7) is 11.1. The molecule has 1 N–H and O–H groups in total. The first-order chi connectivity index (χ1) is 13.6. The Bertz CT molecular complexity index is 993. The molecule has 0 atom stereocenters. The van der Waals surface area contributed by atoms with E-state index < -0.39 is 0 Å². The molecule has 0 fully saturated rings. The molecular weight excluding hydrogens is 366 g/mol. The van der Waals surface area contributed by atoms with E-state index in [1.807, 2.05) is 37.7 Å². The van der Waals surface area contributed by atoms with Crippen LogP contribution in [0.4, 0.5) is 0 Å². The van der Waals surface area contributed by atoms with Crippen molar-refractivity contribution in [1.82, 2.24) is 24.9 Å². The SMILES string of the molecule is Cc1nn(C)c(C)c1CNC(=O)c1ccn(COc2ccc(C(C)(C)C)cc2)n1. The number of aromatic nitrogens is 4. The first kappa shape index (κ1) is 20.6. The summed E-state index contributed by atoms with van der Waals surface area (Å²) in [5.41, 5.74) is 4.71. The molecule has 0 saturated heterocycles. The maximum atomic E-state index is 12.4. The quantitative estimate of drug-likeness (QED) is 0.693. The predicted octanol–water partition coefficient (Wildman–Crippen LogP) is 3.50. The van der Waals surface area contributed by atoms with Gasteiger partial charge >= 0.3 is 0 Å². The van der Waals surface area contributed by atoms with E-state index in [1.165, 1.54) is 5.56 Å². The maximum Gasteiger partial charge on any atom is 0.272 e. The lowest BCUT2D eigenvalue weighted by molar-refractivity contribution is 0.0943. The van der Waals surface area contributed by atoms with Gasteiger partial charge < -0.3 is 10.1 Å². The summed E-state index contributed by atoms with van der Waals surface area (Å²) in [5, 5.41) is 11.6. The minimum atomic E-state index is -0.221. The molecule has 3 aromatic rings. The fraction of sp³-hybridized carbons (Fsp3) is 0.409. The molecule has 3 rings (SSSR count). The Balaban J connectivity index is 1.55. The Morgan fingerprint density at radius 2 is 1.79 bits per heavy atom. The molecule has 0 aliphatic carbocycles. The highest BCUT2D eigenvalue weighted by Crippen LogP contribution is 2.24.